The molecular weight excluding hydrogens is 344 g/mol. The fourth-order valence-electron chi connectivity index (χ4n) is 3.07. The van der Waals surface area contributed by atoms with Gasteiger partial charge in [-0.15, -0.1) is 10.2 Å². The first-order chi connectivity index (χ1) is 11.7. The van der Waals surface area contributed by atoms with Crippen LogP contribution in [0.1, 0.15) is 38.6 Å². The van der Waals surface area contributed by atoms with Crippen LogP contribution in [0, 0.1) is 0 Å². The monoisotopic (exact) mass is 364 g/mol. The second-order valence-electron chi connectivity index (χ2n) is 5.84. The van der Waals surface area contributed by atoms with Gasteiger partial charge >= 0.3 is 0 Å². The first kappa shape index (κ1) is 17.3. The molecule has 1 aliphatic rings. The Balaban J connectivity index is 1.92. The van der Waals surface area contributed by atoms with E-state index in [1.54, 1.807) is 0 Å². The Bertz CT molecular complexity index is 712. The summed E-state index contributed by atoms with van der Waals surface area (Å²) >= 11 is 7.80. The third-order valence-electron chi connectivity index (χ3n) is 4.18. The normalized spacial score (nSPS) is 14.9. The second-order valence-corrected chi connectivity index (χ2v) is 7.19. The Morgan fingerprint density at radius 2 is 2.08 bits per heavy atom. The van der Waals surface area contributed by atoms with E-state index >= 15 is 0 Å². The van der Waals surface area contributed by atoms with Crippen LogP contribution in [0.4, 0.5) is 0 Å². The highest BCUT2D eigenvalue weighted by Crippen LogP contribution is 2.38. The minimum atomic E-state index is 0.0164. The van der Waals surface area contributed by atoms with E-state index in [0.717, 1.165) is 29.4 Å². The molecule has 1 aromatic heterocycles. The van der Waals surface area contributed by atoms with E-state index in [2.05, 4.69) is 20.1 Å². The summed E-state index contributed by atoms with van der Waals surface area (Å²) < 4.78 is 2.18. The van der Waals surface area contributed by atoms with Crippen LogP contribution in [0.15, 0.2) is 29.4 Å². The van der Waals surface area contributed by atoms with E-state index in [-0.39, 0.29) is 5.91 Å². The van der Waals surface area contributed by atoms with Gasteiger partial charge in [0.2, 0.25) is 5.91 Å². The fraction of sp³-hybridized carbons (Fsp3) is 0.471. The summed E-state index contributed by atoms with van der Waals surface area (Å²) in [6, 6.07) is 8.08. The van der Waals surface area contributed by atoms with Crippen molar-refractivity contribution < 1.29 is 4.79 Å². The first-order valence-corrected chi connectivity index (χ1v) is 9.66. The Kier molecular flexibility index (Phi) is 5.79. The number of hydrogen-bond donors (Lipinski definition) is 1. The number of rotatable bonds is 6. The molecule has 1 fully saturated rings. The van der Waals surface area contributed by atoms with E-state index in [4.69, 9.17) is 11.6 Å². The highest BCUT2D eigenvalue weighted by Gasteiger charge is 2.26. The number of nitrogens with one attached hydrogen (secondary N) is 1. The van der Waals surface area contributed by atoms with Crippen LogP contribution in [0.25, 0.3) is 11.4 Å². The van der Waals surface area contributed by atoms with Gasteiger partial charge in [-0.2, -0.15) is 0 Å². The Hall–Kier alpha value is -1.53. The van der Waals surface area contributed by atoms with E-state index in [9.17, 15) is 4.79 Å². The Morgan fingerprint density at radius 1 is 1.33 bits per heavy atom. The number of thioether (sulfide) groups is 1. The zero-order valence-electron chi connectivity index (χ0n) is 13.7. The molecule has 1 heterocycles. The average Bonchev–Trinajstić information content (AvgIpc) is 3.23. The molecule has 1 N–H and O–H groups in total. The maximum absolute atomic E-state index is 11.8. The largest absolute Gasteiger partial charge is 0.356 e. The zero-order valence-corrected chi connectivity index (χ0v) is 15.2. The van der Waals surface area contributed by atoms with Gasteiger partial charge in [-0.3, -0.25) is 9.36 Å². The molecule has 5 nitrogen and oxygen atoms in total. The molecule has 128 valence electrons. The van der Waals surface area contributed by atoms with Gasteiger partial charge < -0.3 is 5.32 Å². The predicted octanol–water partition coefficient (Wildman–Crippen LogP) is 3.94. The molecule has 1 saturated carbocycles. The summed E-state index contributed by atoms with van der Waals surface area (Å²) in [5, 5.41) is 13.0. The number of halogens is 1. The van der Waals surface area contributed by atoms with Crippen molar-refractivity contribution >= 4 is 29.3 Å². The van der Waals surface area contributed by atoms with Crippen LogP contribution in [-0.4, -0.2) is 33.0 Å². The van der Waals surface area contributed by atoms with E-state index in [0.29, 0.717) is 23.4 Å². The zero-order chi connectivity index (χ0) is 16.9. The molecule has 0 saturated heterocycles. The first-order valence-electron chi connectivity index (χ1n) is 8.30. The van der Waals surface area contributed by atoms with Gasteiger partial charge in [0.25, 0.3) is 0 Å². The van der Waals surface area contributed by atoms with Crippen LogP contribution < -0.4 is 5.32 Å². The summed E-state index contributed by atoms with van der Waals surface area (Å²) in [7, 11) is 0. The van der Waals surface area contributed by atoms with Gasteiger partial charge in [-0.1, -0.05) is 48.3 Å². The lowest BCUT2D eigenvalue weighted by Crippen LogP contribution is -2.24. The second kappa shape index (κ2) is 8.03. The third-order valence-corrected chi connectivity index (χ3v) is 5.45. The van der Waals surface area contributed by atoms with Crippen molar-refractivity contribution in [3.8, 4) is 11.4 Å². The maximum Gasteiger partial charge on any atom is 0.230 e. The van der Waals surface area contributed by atoms with E-state index in [1.165, 1.54) is 24.6 Å². The minimum absolute atomic E-state index is 0.0164. The van der Waals surface area contributed by atoms with Crippen LogP contribution >= 0.6 is 23.4 Å². The summed E-state index contributed by atoms with van der Waals surface area (Å²) in [5.41, 5.74) is 0.892. The van der Waals surface area contributed by atoms with Crippen LogP contribution in [0.2, 0.25) is 5.02 Å². The number of amides is 1. The lowest BCUT2D eigenvalue weighted by Gasteiger charge is -2.17. The number of carbonyl (C=O) groups excluding carboxylic acids is 1. The minimum Gasteiger partial charge on any atom is -0.356 e. The summed E-state index contributed by atoms with van der Waals surface area (Å²) in [6.07, 6.45) is 4.66. The predicted molar refractivity (Wildman–Crippen MR) is 97.4 cm³/mol. The lowest BCUT2D eigenvalue weighted by atomic mass is 10.2. The van der Waals surface area contributed by atoms with Gasteiger partial charge in [-0.05, 0) is 31.9 Å². The Morgan fingerprint density at radius 3 is 2.79 bits per heavy atom. The number of carbonyl (C=O) groups is 1. The molecule has 0 radical (unpaired) electrons. The summed E-state index contributed by atoms with van der Waals surface area (Å²) in [6.45, 7) is 2.55. The molecule has 0 atom stereocenters. The molecule has 0 bridgehead atoms. The number of hydrogen-bond acceptors (Lipinski definition) is 4. The summed E-state index contributed by atoms with van der Waals surface area (Å²) in [4.78, 5) is 11.8. The molecule has 0 aliphatic heterocycles. The maximum atomic E-state index is 11.8. The van der Waals surface area contributed by atoms with Gasteiger partial charge in [-0.25, -0.2) is 0 Å². The molecule has 1 amide bonds. The molecular formula is C17H21ClN4OS. The average molecular weight is 365 g/mol. The topological polar surface area (TPSA) is 59.8 Å². The van der Waals surface area contributed by atoms with Crippen molar-refractivity contribution in [2.75, 3.05) is 12.3 Å². The molecule has 3 rings (SSSR count). The number of nitrogens with zero attached hydrogens (tertiary/aromatic N) is 3. The van der Waals surface area contributed by atoms with Crippen LogP contribution in [0.3, 0.4) is 0 Å². The van der Waals surface area contributed by atoms with Gasteiger partial charge in [0.1, 0.15) is 0 Å². The molecule has 24 heavy (non-hydrogen) atoms. The lowest BCUT2D eigenvalue weighted by molar-refractivity contribution is -0.118. The van der Waals surface area contributed by atoms with Crippen molar-refractivity contribution in [3.63, 3.8) is 0 Å². The molecule has 0 unspecified atom stereocenters. The summed E-state index contributed by atoms with van der Waals surface area (Å²) in [5.74, 6) is 1.16. The van der Waals surface area contributed by atoms with E-state index in [1.807, 2.05) is 31.2 Å². The van der Waals surface area contributed by atoms with Crippen molar-refractivity contribution in [2.45, 2.75) is 43.8 Å². The van der Waals surface area contributed by atoms with Crippen molar-refractivity contribution in [2.24, 2.45) is 0 Å². The molecule has 1 aliphatic carbocycles. The van der Waals surface area contributed by atoms with E-state index < -0.39 is 0 Å². The number of aromatic nitrogens is 3. The van der Waals surface area contributed by atoms with Crippen LogP contribution in [-0.2, 0) is 4.79 Å². The molecule has 2 aromatic rings. The Labute approximate surface area is 151 Å². The molecule has 7 heteroatoms. The number of benzene rings is 1. The molecule has 1 aromatic carbocycles. The van der Waals surface area contributed by atoms with Gasteiger partial charge in [0.15, 0.2) is 11.0 Å². The SMILES string of the molecule is CCNC(=O)CSc1nnc(-c2ccccc2Cl)n1C1CCCC1. The third kappa shape index (κ3) is 3.75. The highest BCUT2D eigenvalue weighted by atomic mass is 35.5. The van der Waals surface area contributed by atoms with Crippen molar-refractivity contribution in [3.05, 3.63) is 29.3 Å². The smallest absolute Gasteiger partial charge is 0.230 e. The highest BCUT2D eigenvalue weighted by molar-refractivity contribution is 7.99. The molecule has 0 spiro atoms. The van der Waals surface area contributed by atoms with Crippen molar-refractivity contribution in [1.29, 1.82) is 0 Å². The van der Waals surface area contributed by atoms with Gasteiger partial charge in [0.05, 0.1) is 10.8 Å². The van der Waals surface area contributed by atoms with Gasteiger partial charge in [0, 0.05) is 18.2 Å². The van der Waals surface area contributed by atoms with Crippen molar-refractivity contribution in [1.82, 2.24) is 20.1 Å². The fourth-order valence-corrected chi connectivity index (χ4v) is 4.13. The van der Waals surface area contributed by atoms with Crippen LogP contribution in [0.5, 0.6) is 0 Å². The standard InChI is InChI=1S/C17H21ClN4OS/c1-2-19-15(23)11-24-17-21-20-16(13-9-5-6-10-14(13)18)22(17)12-7-3-4-8-12/h5-6,9-10,12H,2-4,7-8,11H2,1H3,(H,19,23). The quantitative estimate of drug-likeness (QED) is 0.788.